The van der Waals surface area contributed by atoms with Crippen LogP contribution in [0.1, 0.15) is 32.6 Å². The van der Waals surface area contributed by atoms with Gasteiger partial charge in [-0.25, -0.2) is 0 Å². The van der Waals surface area contributed by atoms with Crippen molar-refractivity contribution in [2.75, 3.05) is 7.11 Å². The number of ether oxygens (including phenoxy) is 1. The molecule has 0 unspecified atom stereocenters. The molecule has 0 aliphatic rings. The molecule has 22 heavy (non-hydrogen) atoms. The third-order valence-corrected chi connectivity index (χ3v) is 3.57. The Kier molecular flexibility index (Phi) is 4.75. The van der Waals surface area contributed by atoms with Crippen LogP contribution >= 0.6 is 0 Å². The Labute approximate surface area is 130 Å². The number of methoxy groups -OCH3 is 1. The van der Waals surface area contributed by atoms with Crippen LogP contribution in [0, 0.1) is 25.2 Å². The Balaban J connectivity index is 2.27. The molecule has 0 N–H and O–H groups in total. The summed E-state index contributed by atoms with van der Waals surface area (Å²) < 4.78 is 5.30. The van der Waals surface area contributed by atoms with Crippen LogP contribution < -0.4 is 4.74 Å². The van der Waals surface area contributed by atoms with Gasteiger partial charge in [-0.15, -0.1) is 0 Å². The molecule has 3 nitrogen and oxygen atoms in total. The second kappa shape index (κ2) is 6.73. The fraction of sp³-hybridized carbons (Fsp3) is 0.158. The van der Waals surface area contributed by atoms with Gasteiger partial charge < -0.3 is 4.74 Å². The van der Waals surface area contributed by atoms with E-state index in [1.807, 2.05) is 26.0 Å². The Morgan fingerprint density at radius 3 is 2.68 bits per heavy atom. The molecule has 0 spiro atoms. The largest absolute Gasteiger partial charge is 0.496 e. The van der Waals surface area contributed by atoms with E-state index in [0.29, 0.717) is 16.9 Å². The molecule has 0 amide bonds. The number of carbonyl (C=O) groups excluding carboxylic acids is 1. The number of carbonyl (C=O) groups is 1. The maximum atomic E-state index is 12.3. The first-order chi connectivity index (χ1) is 10.5. The molecule has 0 heterocycles. The molecule has 0 saturated carbocycles. The summed E-state index contributed by atoms with van der Waals surface area (Å²) in [7, 11) is 1.60. The standard InChI is InChI=1S/C19H17NO2/c1-13-9-17(11-19(22-3)14(13)2)18(21)8-7-15-5-4-6-16(10-15)12-20/h4-11H,1-3H3/b8-7+. The molecule has 2 aromatic rings. The van der Waals surface area contributed by atoms with E-state index in [0.717, 1.165) is 16.7 Å². The number of benzene rings is 2. The number of hydrogen-bond acceptors (Lipinski definition) is 3. The highest BCUT2D eigenvalue weighted by Crippen LogP contribution is 2.23. The molecule has 0 radical (unpaired) electrons. The Morgan fingerprint density at radius 2 is 2.00 bits per heavy atom. The van der Waals surface area contributed by atoms with Gasteiger partial charge in [0.25, 0.3) is 0 Å². The van der Waals surface area contributed by atoms with Crippen molar-refractivity contribution in [3.8, 4) is 11.8 Å². The number of nitriles is 1. The van der Waals surface area contributed by atoms with E-state index < -0.39 is 0 Å². The summed E-state index contributed by atoms with van der Waals surface area (Å²) in [6, 6.07) is 12.8. The number of hydrogen-bond donors (Lipinski definition) is 0. The van der Waals surface area contributed by atoms with Crippen LogP contribution in [-0.2, 0) is 0 Å². The Bertz CT molecular complexity index is 783. The van der Waals surface area contributed by atoms with Gasteiger partial charge in [-0.3, -0.25) is 4.79 Å². The topological polar surface area (TPSA) is 50.1 Å². The number of aryl methyl sites for hydroxylation is 1. The summed E-state index contributed by atoms with van der Waals surface area (Å²) in [5.41, 5.74) is 4.03. The number of nitrogens with zero attached hydrogens (tertiary/aromatic N) is 1. The van der Waals surface area contributed by atoms with Crippen molar-refractivity contribution in [2.24, 2.45) is 0 Å². The lowest BCUT2D eigenvalue weighted by atomic mass is 10.0. The van der Waals surface area contributed by atoms with Crippen LogP contribution in [0.15, 0.2) is 42.5 Å². The average Bonchev–Trinajstić information content (AvgIpc) is 2.55. The molecule has 110 valence electrons. The van der Waals surface area contributed by atoms with Crippen LogP contribution in [0.2, 0.25) is 0 Å². The van der Waals surface area contributed by atoms with Crippen molar-refractivity contribution >= 4 is 11.9 Å². The zero-order valence-corrected chi connectivity index (χ0v) is 12.9. The minimum atomic E-state index is -0.0937. The molecule has 0 aliphatic heterocycles. The molecule has 2 rings (SSSR count). The van der Waals surface area contributed by atoms with Gasteiger partial charge in [0.2, 0.25) is 0 Å². The van der Waals surface area contributed by atoms with Crippen molar-refractivity contribution in [1.29, 1.82) is 5.26 Å². The summed E-state index contributed by atoms with van der Waals surface area (Å²) in [5, 5.41) is 8.88. The second-order valence-electron chi connectivity index (χ2n) is 5.06. The van der Waals surface area contributed by atoms with Gasteiger partial charge in [0, 0.05) is 5.56 Å². The van der Waals surface area contributed by atoms with Crippen molar-refractivity contribution in [3.63, 3.8) is 0 Å². The summed E-state index contributed by atoms with van der Waals surface area (Å²) >= 11 is 0. The molecule has 0 bridgehead atoms. The first-order valence-corrected chi connectivity index (χ1v) is 6.93. The SMILES string of the molecule is COc1cc(C(=O)/C=C/c2cccc(C#N)c2)cc(C)c1C. The van der Waals surface area contributed by atoms with E-state index >= 15 is 0 Å². The maximum Gasteiger partial charge on any atom is 0.185 e. The normalized spacial score (nSPS) is 10.5. The summed E-state index contributed by atoms with van der Waals surface area (Å²) in [6.07, 6.45) is 3.23. The lowest BCUT2D eigenvalue weighted by Crippen LogP contribution is -1.99. The van der Waals surface area contributed by atoms with Gasteiger partial charge >= 0.3 is 0 Å². The Morgan fingerprint density at radius 1 is 1.23 bits per heavy atom. The molecule has 0 atom stereocenters. The van der Waals surface area contributed by atoms with Crippen LogP contribution in [0.25, 0.3) is 6.08 Å². The fourth-order valence-electron chi connectivity index (χ4n) is 2.16. The third-order valence-electron chi connectivity index (χ3n) is 3.57. The lowest BCUT2D eigenvalue weighted by Gasteiger charge is -2.09. The second-order valence-corrected chi connectivity index (χ2v) is 5.06. The first kappa shape index (κ1) is 15.5. The quantitative estimate of drug-likeness (QED) is 0.630. The van der Waals surface area contributed by atoms with Gasteiger partial charge in [-0.05, 0) is 60.9 Å². The first-order valence-electron chi connectivity index (χ1n) is 6.93. The maximum absolute atomic E-state index is 12.3. The zero-order valence-electron chi connectivity index (χ0n) is 12.9. The van der Waals surface area contributed by atoms with E-state index in [1.165, 1.54) is 6.08 Å². The van der Waals surface area contributed by atoms with Gasteiger partial charge in [0.05, 0.1) is 18.7 Å². The van der Waals surface area contributed by atoms with Crippen molar-refractivity contribution in [3.05, 3.63) is 70.3 Å². The van der Waals surface area contributed by atoms with Gasteiger partial charge in [-0.1, -0.05) is 18.2 Å². The predicted octanol–water partition coefficient (Wildman–Crippen LogP) is 4.08. The van der Waals surface area contributed by atoms with E-state index in [9.17, 15) is 4.79 Å². The number of ketones is 1. The van der Waals surface area contributed by atoms with Crippen molar-refractivity contribution < 1.29 is 9.53 Å². The van der Waals surface area contributed by atoms with E-state index in [1.54, 1.807) is 37.5 Å². The summed E-state index contributed by atoms with van der Waals surface area (Å²) in [6.45, 7) is 3.92. The van der Waals surface area contributed by atoms with E-state index in [-0.39, 0.29) is 5.78 Å². The predicted molar refractivity (Wildman–Crippen MR) is 87.0 cm³/mol. The molecule has 2 aromatic carbocycles. The van der Waals surface area contributed by atoms with Crippen LogP contribution in [-0.4, -0.2) is 12.9 Å². The van der Waals surface area contributed by atoms with Crippen molar-refractivity contribution in [2.45, 2.75) is 13.8 Å². The molecule has 0 aromatic heterocycles. The molecule has 0 aliphatic carbocycles. The fourth-order valence-corrected chi connectivity index (χ4v) is 2.16. The lowest BCUT2D eigenvalue weighted by molar-refractivity contribution is 0.104. The summed E-state index contributed by atoms with van der Waals surface area (Å²) in [5.74, 6) is 0.618. The third kappa shape index (κ3) is 3.42. The highest BCUT2D eigenvalue weighted by molar-refractivity contribution is 6.07. The number of allylic oxidation sites excluding steroid dienone is 1. The van der Waals surface area contributed by atoms with Gasteiger partial charge in [0.15, 0.2) is 5.78 Å². The monoisotopic (exact) mass is 291 g/mol. The zero-order chi connectivity index (χ0) is 16.1. The smallest absolute Gasteiger partial charge is 0.185 e. The van der Waals surface area contributed by atoms with Crippen LogP contribution in [0.3, 0.4) is 0 Å². The molecular weight excluding hydrogens is 274 g/mol. The molecule has 3 heteroatoms. The molecule has 0 fully saturated rings. The van der Waals surface area contributed by atoms with Crippen molar-refractivity contribution in [1.82, 2.24) is 0 Å². The van der Waals surface area contributed by atoms with E-state index in [2.05, 4.69) is 6.07 Å². The van der Waals surface area contributed by atoms with Gasteiger partial charge in [-0.2, -0.15) is 5.26 Å². The average molecular weight is 291 g/mol. The van der Waals surface area contributed by atoms with Gasteiger partial charge in [0.1, 0.15) is 5.75 Å². The van der Waals surface area contributed by atoms with Crippen LogP contribution in [0.5, 0.6) is 5.75 Å². The molecule has 0 saturated heterocycles. The van der Waals surface area contributed by atoms with Crippen LogP contribution in [0.4, 0.5) is 0 Å². The highest BCUT2D eigenvalue weighted by Gasteiger charge is 2.09. The minimum Gasteiger partial charge on any atom is -0.496 e. The Hall–Kier alpha value is -2.86. The minimum absolute atomic E-state index is 0.0937. The number of rotatable bonds is 4. The summed E-state index contributed by atoms with van der Waals surface area (Å²) in [4.78, 5) is 12.3. The van der Waals surface area contributed by atoms with E-state index in [4.69, 9.17) is 10.00 Å². The highest BCUT2D eigenvalue weighted by atomic mass is 16.5. The molecular formula is C19H17NO2.